The Morgan fingerprint density at radius 2 is 2.00 bits per heavy atom. The van der Waals surface area contributed by atoms with E-state index in [9.17, 15) is 9.90 Å². The summed E-state index contributed by atoms with van der Waals surface area (Å²) in [4.78, 5) is 11.1. The summed E-state index contributed by atoms with van der Waals surface area (Å²) in [6.07, 6.45) is 0. The highest BCUT2D eigenvalue weighted by Gasteiger charge is 2.62. The van der Waals surface area contributed by atoms with Crippen molar-refractivity contribution in [2.45, 2.75) is 26.7 Å². The summed E-state index contributed by atoms with van der Waals surface area (Å²) in [6.45, 7) is 5.73. The smallest absolute Gasteiger partial charge is 0.307 e. The van der Waals surface area contributed by atoms with Crippen LogP contribution in [0.25, 0.3) is 0 Å². The Kier molecular flexibility index (Phi) is 2.22. The van der Waals surface area contributed by atoms with Gasteiger partial charge < -0.3 is 10.2 Å². The molecule has 1 saturated carbocycles. The van der Waals surface area contributed by atoms with Gasteiger partial charge in [-0.15, -0.1) is 0 Å². The Morgan fingerprint density at radius 1 is 1.38 bits per heavy atom. The highest BCUT2D eigenvalue weighted by molar-refractivity contribution is 5.77. The first kappa shape index (κ1) is 11.0. The molecular weight excluding hydrogens is 204 g/mol. The van der Waals surface area contributed by atoms with Crippen LogP contribution in [0.5, 0.6) is 5.75 Å². The first-order valence-corrected chi connectivity index (χ1v) is 5.38. The zero-order valence-corrected chi connectivity index (χ0v) is 9.69. The van der Waals surface area contributed by atoms with Gasteiger partial charge in [0, 0.05) is 5.92 Å². The number of phenolic OH excluding ortho intramolecular Hbond substituents is 1. The number of carboxylic acids is 1. The molecule has 0 radical (unpaired) electrons. The molecule has 2 N–H and O–H groups in total. The molecule has 0 aromatic heterocycles. The van der Waals surface area contributed by atoms with Gasteiger partial charge in [-0.2, -0.15) is 0 Å². The molecule has 3 heteroatoms. The Hall–Kier alpha value is -1.51. The van der Waals surface area contributed by atoms with Crippen LogP contribution in [0.3, 0.4) is 0 Å². The first-order chi connectivity index (χ1) is 7.35. The normalized spacial score (nSPS) is 26.4. The lowest BCUT2D eigenvalue weighted by atomic mass is 10.0. The predicted molar refractivity (Wildman–Crippen MR) is 60.5 cm³/mol. The maximum absolute atomic E-state index is 11.1. The molecule has 1 aromatic carbocycles. The summed E-state index contributed by atoms with van der Waals surface area (Å²) in [6, 6.07) is 5.42. The number of benzene rings is 1. The number of carbonyl (C=O) groups is 1. The van der Waals surface area contributed by atoms with Crippen LogP contribution in [0.1, 0.15) is 30.9 Å². The lowest BCUT2D eigenvalue weighted by molar-refractivity contribution is -0.139. The van der Waals surface area contributed by atoms with Crippen LogP contribution in [0.2, 0.25) is 0 Å². The van der Waals surface area contributed by atoms with E-state index in [0.717, 1.165) is 11.1 Å². The highest BCUT2D eigenvalue weighted by atomic mass is 16.4. The lowest BCUT2D eigenvalue weighted by Crippen LogP contribution is -2.03. The van der Waals surface area contributed by atoms with Gasteiger partial charge in [0.2, 0.25) is 0 Å². The number of hydrogen-bond acceptors (Lipinski definition) is 2. The van der Waals surface area contributed by atoms with Gasteiger partial charge in [0.25, 0.3) is 0 Å². The maximum atomic E-state index is 11.1. The van der Waals surface area contributed by atoms with Crippen molar-refractivity contribution in [2.75, 3.05) is 0 Å². The van der Waals surface area contributed by atoms with E-state index < -0.39 is 5.97 Å². The number of hydrogen-bond donors (Lipinski definition) is 2. The Labute approximate surface area is 94.7 Å². The van der Waals surface area contributed by atoms with E-state index in [1.807, 2.05) is 32.9 Å². The van der Waals surface area contributed by atoms with Gasteiger partial charge in [0.1, 0.15) is 5.75 Å². The van der Waals surface area contributed by atoms with E-state index in [0.29, 0.717) is 0 Å². The Bertz CT molecular complexity index is 448. The van der Waals surface area contributed by atoms with Crippen molar-refractivity contribution in [3.05, 3.63) is 29.3 Å². The molecular formula is C13H16O3. The van der Waals surface area contributed by atoms with E-state index in [2.05, 4.69) is 0 Å². The first-order valence-electron chi connectivity index (χ1n) is 5.38. The minimum Gasteiger partial charge on any atom is -0.508 e. The summed E-state index contributed by atoms with van der Waals surface area (Å²) >= 11 is 0. The van der Waals surface area contributed by atoms with Crippen LogP contribution in [-0.4, -0.2) is 16.2 Å². The van der Waals surface area contributed by atoms with Crippen molar-refractivity contribution < 1.29 is 15.0 Å². The number of aliphatic carboxylic acids is 1. The van der Waals surface area contributed by atoms with Crippen molar-refractivity contribution in [1.29, 1.82) is 0 Å². The van der Waals surface area contributed by atoms with Gasteiger partial charge in [0.05, 0.1) is 5.92 Å². The molecule has 1 aromatic rings. The van der Waals surface area contributed by atoms with E-state index >= 15 is 0 Å². The molecule has 2 unspecified atom stereocenters. The molecule has 16 heavy (non-hydrogen) atoms. The second kappa shape index (κ2) is 3.24. The van der Waals surface area contributed by atoms with Gasteiger partial charge in [-0.05, 0) is 29.5 Å². The third kappa shape index (κ3) is 1.47. The van der Waals surface area contributed by atoms with Crippen molar-refractivity contribution >= 4 is 5.97 Å². The van der Waals surface area contributed by atoms with Crippen LogP contribution in [0.4, 0.5) is 0 Å². The van der Waals surface area contributed by atoms with E-state index in [4.69, 9.17) is 5.11 Å². The van der Waals surface area contributed by atoms with Crippen molar-refractivity contribution in [3.8, 4) is 5.75 Å². The molecule has 0 aliphatic heterocycles. The molecule has 1 aliphatic carbocycles. The third-order valence-electron chi connectivity index (χ3n) is 3.69. The van der Waals surface area contributed by atoms with Gasteiger partial charge >= 0.3 is 5.97 Å². The monoisotopic (exact) mass is 220 g/mol. The largest absolute Gasteiger partial charge is 0.508 e. The van der Waals surface area contributed by atoms with Crippen LogP contribution in [-0.2, 0) is 4.79 Å². The van der Waals surface area contributed by atoms with Gasteiger partial charge in [0.15, 0.2) is 0 Å². The number of phenols is 1. The maximum Gasteiger partial charge on any atom is 0.307 e. The third-order valence-corrected chi connectivity index (χ3v) is 3.69. The second-order valence-electron chi connectivity index (χ2n) is 5.16. The quantitative estimate of drug-likeness (QED) is 0.805. The molecule has 0 heterocycles. The molecule has 1 fully saturated rings. The van der Waals surface area contributed by atoms with Crippen molar-refractivity contribution in [2.24, 2.45) is 11.3 Å². The van der Waals surface area contributed by atoms with E-state index in [1.54, 1.807) is 6.07 Å². The average Bonchev–Trinajstić information content (AvgIpc) is 2.74. The molecule has 2 atom stereocenters. The minimum atomic E-state index is -0.755. The number of carboxylic acid groups (broad SMARTS) is 1. The number of aromatic hydroxyl groups is 1. The van der Waals surface area contributed by atoms with Crippen LogP contribution < -0.4 is 0 Å². The van der Waals surface area contributed by atoms with Crippen LogP contribution >= 0.6 is 0 Å². The average molecular weight is 220 g/mol. The summed E-state index contributed by atoms with van der Waals surface area (Å²) in [5.41, 5.74) is 1.52. The predicted octanol–water partition coefficient (Wildman–Crippen LogP) is 2.52. The molecule has 0 bridgehead atoms. The summed E-state index contributed by atoms with van der Waals surface area (Å²) in [7, 11) is 0. The van der Waals surface area contributed by atoms with E-state index in [-0.39, 0.29) is 23.0 Å². The molecule has 3 nitrogen and oxygen atoms in total. The standard InChI is InChI=1S/C13H16O3/c1-7-4-5-8(6-9(7)14)10-11(12(15)16)13(10,2)3/h4-6,10-11,14H,1-3H3,(H,15,16). The second-order valence-corrected chi connectivity index (χ2v) is 5.16. The Balaban J connectivity index is 2.33. The summed E-state index contributed by atoms with van der Waals surface area (Å²) in [5, 5.41) is 18.7. The molecule has 0 saturated heterocycles. The topological polar surface area (TPSA) is 57.5 Å². The Morgan fingerprint density at radius 3 is 2.44 bits per heavy atom. The lowest BCUT2D eigenvalue weighted by Gasteiger charge is -2.05. The summed E-state index contributed by atoms with van der Waals surface area (Å²) < 4.78 is 0. The SMILES string of the molecule is Cc1ccc(C2C(C(=O)O)C2(C)C)cc1O. The van der Waals surface area contributed by atoms with Crippen molar-refractivity contribution in [3.63, 3.8) is 0 Å². The molecule has 86 valence electrons. The van der Waals surface area contributed by atoms with Gasteiger partial charge in [-0.3, -0.25) is 4.79 Å². The molecule has 1 aliphatic rings. The molecule has 0 amide bonds. The number of aryl methyl sites for hydroxylation is 1. The van der Waals surface area contributed by atoms with Crippen LogP contribution in [0, 0.1) is 18.3 Å². The molecule has 2 rings (SSSR count). The fourth-order valence-electron chi connectivity index (χ4n) is 2.54. The number of rotatable bonds is 2. The van der Waals surface area contributed by atoms with Crippen LogP contribution in [0.15, 0.2) is 18.2 Å². The van der Waals surface area contributed by atoms with Crippen molar-refractivity contribution in [1.82, 2.24) is 0 Å². The fourth-order valence-corrected chi connectivity index (χ4v) is 2.54. The minimum absolute atomic E-state index is 0.0106. The highest BCUT2D eigenvalue weighted by Crippen LogP contribution is 2.64. The fraction of sp³-hybridized carbons (Fsp3) is 0.462. The van der Waals surface area contributed by atoms with Gasteiger partial charge in [-0.1, -0.05) is 26.0 Å². The summed E-state index contributed by atoms with van der Waals surface area (Å²) in [5.74, 6) is -0.842. The zero-order valence-electron chi connectivity index (χ0n) is 9.69. The zero-order chi connectivity index (χ0) is 12.1. The van der Waals surface area contributed by atoms with Gasteiger partial charge in [-0.25, -0.2) is 0 Å². The van der Waals surface area contributed by atoms with E-state index in [1.165, 1.54) is 0 Å². The molecule has 0 spiro atoms.